The Balaban J connectivity index is 4.36. The summed E-state index contributed by atoms with van der Waals surface area (Å²) in [6.45, 7) is 3.76. The Morgan fingerprint density at radius 2 is 1.91 bits per heavy atom. The molecule has 1 unspecified atom stereocenters. The van der Waals surface area contributed by atoms with E-state index in [1.807, 2.05) is 0 Å². The van der Waals surface area contributed by atoms with E-state index in [9.17, 15) is 8.42 Å². The van der Waals surface area contributed by atoms with Gasteiger partial charge in [0.1, 0.15) is 5.25 Å². The van der Waals surface area contributed by atoms with Gasteiger partial charge in [-0.25, -0.2) is 13.6 Å². The van der Waals surface area contributed by atoms with Gasteiger partial charge in [-0.3, -0.25) is 0 Å². The van der Waals surface area contributed by atoms with Gasteiger partial charge >= 0.3 is 0 Å². The molecule has 0 aliphatic carbocycles. The Bertz CT molecular complexity index is 198. The molecule has 0 heterocycles. The minimum absolute atomic E-state index is 0.00931. The van der Waals surface area contributed by atoms with Gasteiger partial charge in [0.2, 0.25) is 10.0 Å². The molecule has 0 rings (SSSR count). The lowest BCUT2D eigenvalue weighted by Gasteiger charge is -2.16. The molecule has 2 N–H and O–H groups in total. The smallest absolute Gasteiger partial charge is 0.214 e. The summed E-state index contributed by atoms with van der Waals surface area (Å²) in [4.78, 5) is 0. The van der Waals surface area contributed by atoms with E-state index in [1.165, 1.54) is 7.11 Å². The first-order valence-electron chi connectivity index (χ1n) is 3.40. The molecule has 0 saturated carbocycles. The third kappa shape index (κ3) is 3.69. The monoisotopic (exact) mass is 181 g/mol. The maximum Gasteiger partial charge on any atom is 0.214 e. The Kier molecular flexibility index (Phi) is 3.99. The number of sulfonamides is 1. The Morgan fingerprint density at radius 3 is 2.00 bits per heavy atom. The molecule has 0 radical (unpaired) electrons. The quantitative estimate of drug-likeness (QED) is 0.661. The fraction of sp³-hybridized carbons (Fsp3) is 1.00. The summed E-state index contributed by atoms with van der Waals surface area (Å²) in [7, 11) is -1.99. The van der Waals surface area contributed by atoms with Crippen LogP contribution in [0.25, 0.3) is 0 Å². The molecule has 11 heavy (non-hydrogen) atoms. The van der Waals surface area contributed by atoms with Crippen LogP contribution in [0.2, 0.25) is 0 Å². The van der Waals surface area contributed by atoms with Crippen molar-refractivity contribution in [2.24, 2.45) is 11.1 Å². The van der Waals surface area contributed by atoms with Gasteiger partial charge in [-0.15, -0.1) is 0 Å². The van der Waals surface area contributed by atoms with E-state index < -0.39 is 15.3 Å². The van der Waals surface area contributed by atoms with E-state index in [0.717, 1.165) is 0 Å². The predicted molar refractivity (Wildman–Crippen MR) is 43.6 cm³/mol. The zero-order valence-electron chi connectivity index (χ0n) is 7.07. The summed E-state index contributed by atoms with van der Waals surface area (Å²) in [5.41, 5.74) is 0. The molecular weight excluding hydrogens is 166 g/mol. The maximum atomic E-state index is 10.9. The molecule has 68 valence electrons. The van der Waals surface area contributed by atoms with Crippen molar-refractivity contribution in [3.63, 3.8) is 0 Å². The van der Waals surface area contributed by atoms with Gasteiger partial charge in [0.15, 0.2) is 0 Å². The molecule has 0 fully saturated rings. The van der Waals surface area contributed by atoms with Crippen LogP contribution in [-0.2, 0) is 14.8 Å². The zero-order valence-corrected chi connectivity index (χ0v) is 7.89. The molecular formula is C6H15NO3S. The minimum Gasteiger partial charge on any atom is -0.383 e. The fourth-order valence-electron chi connectivity index (χ4n) is 0.831. The lowest BCUT2D eigenvalue weighted by Crippen LogP contribution is -2.36. The second kappa shape index (κ2) is 4.04. The van der Waals surface area contributed by atoms with E-state index in [1.54, 1.807) is 13.8 Å². The highest BCUT2D eigenvalue weighted by Gasteiger charge is 2.24. The van der Waals surface area contributed by atoms with Gasteiger partial charge in [-0.2, -0.15) is 0 Å². The van der Waals surface area contributed by atoms with Crippen molar-refractivity contribution in [1.29, 1.82) is 0 Å². The summed E-state index contributed by atoms with van der Waals surface area (Å²) in [6.07, 6.45) is 0. The van der Waals surface area contributed by atoms with Crippen molar-refractivity contribution in [3.8, 4) is 0 Å². The molecule has 4 nitrogen and oxygen atoms in total. The molecule has 0 aliphatic rings. The van der Waals surface area contributed by atoms with Crippen molar-refractivity contribution < 1.29 is 13.2 Å². The van der Waals surface area contributed by atoms with Gasteiger partial charge in [0, 0.05) is 7.11 Å². The first-order chi connectivity index (χ1) is 4.89. The second-order valence-electron chi connectivity index (χ2n) is 2.83. The number of hydrogen-bond donors (Lipinski definition) is 1. The van der Waals surface area contributed by atoms with Crippen LogP contribution in [0.5, 0.6) is 0 Å². The summed E-state index contributed by atoms with van der Waals surface area (Å²) < 4.78 is 26.5. The van der Waals surface area contributed by atoms with Crippen LogP contribution >= 0.6 is 0 Å². The van der Waals surface area contributed by atoms with E-state index in [4.69, 9.17) is 9.88 Å². The van der Waals surface area contributed by atoms with Gasteiger partial charge in [-0.1, -0.05) is 13.8 Å². The van der Waals surface area contributed by atoms with Gasteiger partial charge < -0.3 is 4.74 Å². The highest BCUT2D eigenvalue weighted by Crippen LogP contribution is 2.09. The fourth-order valence-corrected chi connectivity index (χ4v) is 1.92. The molecule has 0 aromatic carbocycles. The van der Waals surface area contributed by atoms with Gasteiger partial charge in [0.25, 0.3) is 0 Å². The number of nitrogens with two attached hydrogens (primary N) is 1. The number of hydrogen-bond acceptors (Lipinski definition) is 3. The first kappa shape index (κ1) is 10.9. The van der Waals surface area contributed by atoms with Crippen LogP contribution in [0, 0.1) is 5.92 Å². The van der Waals surface area contributed by atoms with Crippen molar-refractivity contribution >= 4 is 10.0 Å². The molecule has 1 atom stereocenters. The summed E-state index contributed by atoms with van der Waals surface area (Å²) >= 11 is 0. The zero-order chi connectivity index (χ0) is 9.07. The molecule has 0 spiro atoms. The Morgan fingerprint density at radius 1 is 1.45 bits per heavy atom. The number of methoxy groups -OCH3 is 1. The van der Waals surface area contributed by atoms with E-state index in [-0.39, 0.29) is 12.5 Å². The van der Waals surface area contributed by atoms with Crippen molar-refractivity contribution in [2.45, 2.75) is 19.1 Å². The SMILES string of the molecule is COCC(C(C)C)S(N)(=O)=O. The van der Waals surface area contributed by atoms with E-state index >= 15 is 0 Å². The summed E-state index contributed by atoms with van der Waals surface area (Å²) in [6, 6.07) is 0. The van der Waals surface area contributed by atoms with Crippen LogP contribution in [0.3, 0.4) is 0 Å². The molecule has 0 aliphatic heterocycles. The van der Waals surface area contributed by atoms with Crippen molar-refractivity contribution in [2.75, 3.05) is 13.7 Å². The third-order valence-corrected chi connectivity index (χ3v) is 3.02. The van der Waals surface area contributed by atoms with Crippen LogP contribution in [0.15, 0.2) is 0 Å². The molecule has 0 aromatic heterocycles. The number of primary sulfonamides is 1. The maximum absolute atomic E-state index is 10.9. The second-order valence-corrected chi connectivity index (χ2v) is 4.61. The van der Waals surface area contributed by atoms with Crippen molar-refractivity contribution in [3.05, 3.63) is 0 Å². The van der Waals surface area contributed by atoms with Crippen LogP contribution in [-0.4, -0.2) is 27.4 Å². The highest BCUT2D eigenvalue weighted by atomic mass is 32.2. The Hall–Kier alpha value is -0.130. The number of rotatable bonds is 4. The first-order valence-corrected chi connectivity index (χ1v) is 5.01. The lowest BCUT2D eigenvalue weighted by molar-refractivity contribution is 0.185. The van der Waals surface area contributed by atoms with Crippen LogP contribution in [0.1, 0.15) is 13.8 Å². The topological polar surface area (TPSA) is 69.4 Å². The van der Waals surface area contributed by atoms with Gasteiger partial charge in [0.05, 0.1) is 6.61 Å². The number of ether oxygens (including phenoxy) is 1. The van der Waals surface area contributed by atoms with E-state index in [0.29, 0.717) is 0 Å². The normalized spacial score (nSPS) is 15.4. The largest absolute Gasteiger partial charge is 0.383 e. The molecule has 0 aromatic rings. The molecule has 0 bridgehead atoms. The van der Waals surface area contributed by atoms with Crippen LogP contribution < -0.4 is 5.14 Å². The molecule has 0 amide bonds. The van der Waals surface area contributed by atoms with Crippen molar-refractivity contribution in [1.82, 2.24) is 0 Å². The Labute approximate surface area is 67.8 Å². The third-order valence-electron chi connectivity index (χ3n) is 1.50. The summed E-state index contributed by atoms with van der Waals surface area (Å²) in [5, 5.41) is 4.37. The summed E-state index contributed by atoms with van der Waals surface area (Å²) in [5.74, 6) is -0.00931. The standard InChI is InChI=1S/C6H15NO3S/c1-5(2)6(4-10-3)11(7,8)9/h5-6H,4H2,1-3H3,(H2,7,8,9). The van der Waals surface area contributed by atoms with Gasteiger partial charge in [-0.05, 0) is 5.92 Å². The predicted octanol–water partition coefficient (Wildman–Crippen LogP) is -0.0541. The highest BCUT2D eigenvalue weighted by molar-refractivity contribution is 7.89. The van der Waals surface area contributed by atoms with E-state index in [2.05, 4.69) is 0 Å². The molecule has 0 saturated heterocycles. The average molecular weight is 181 g/mol. The average Bonchev–Trinajstić information content (AvgIpc) is 1.79. The minimum atomic E-state index is -3.45. The molecule has 5 heteroatoms. The van der Waals surface area contributed by atoms with Crippen LogP contribution in [0.4, 0.5) is 0 Å². The lowest BCUT2D eigenvalue weighted by atomic mass is 10.1.